The lowest BCUT2D eigenvalue weighted by molar-refractivity contribution is -0.117. The summed E-state index contributed by atoms with van der Waals surface area (Å²) in [6.07, 6.45) is 0. The Balaban J connectivity index is 2.08. The number of hydrogen-bond donors (Lipinski definition) is 1. The number of methoxy groups -OCH3 is 1. The van der Waals surface area contributed by atoms with E-state index in [4.69, 9.17) is 4.74 Å². The van der Waals surface area contributed by atoms with Crippen LogP contribution in [0.5, 0.6) is 5.75 Å². The van der Waals surface area contributed by atoms with Gasteiger partial charge in [0.15, 0.2) is 5.13 Å². The number of hydrogen-bond acceptors (Lipinski definition) is 5. The van der Waals surface area contributed by atoms with Crippen LogP contribution in [0.3, 0.4) is 0 Å². The highest BCUT2D eigenvalue weighted by Gasteiger charge is 2.11. The van der Waals surface area contributed by atoms with Gasteiger partial charge in [0.2, 0.25) is 5.91 Å². The smallest absolute Gasteiger partial charge is 0.240 e. The predicted molar refractivity (Wildman–Crippen MR) is 82.6 cm³/mol. The lowest BCUT2D eigenvalue weighted by atomic mass is 10.3. The zero-order chi connectivity index (χ0) is 14.5. The fraction of sp³-hybridized carbons (Fsp3) is 0.429. The minimum atomic E-state index is -0.0280. The highest BCUT2D eigenvalue weighted by atomic mass is 32.1. The Kier molecular flexibility index (Phi) is 4.92. The van der Waals surface area contributed by atoms with Gasteiger partial charge >= 0.3 is 0 Å². The molecule has 0 fully saturated rings. The van der Waals surface area contributed by atoms with Gasteiger partial charge in [-0.3, -0.25) is 9.69 Å². The second kappa shape index (κ2) is 6.67. The first-order valence-electron chi connectivity index (χ1n) is 6.63. The fourth-order valence-corrected chi connectivity index (χ4v) is 2.80. The topological polar surface area (TPSA) is 54.5 Å². The van der Waals surface area contributed by atoms with E-state index in [0.717, 1.165) is 29.1 Å². The molecule has 0 saturated heterocycles. The molecule has 6 heteroatoms. The Labute approximate surface area is 122 Å². The van der Waals surface area contributed by atoms with Crippen LogP contribution in [0.4, 0.5) is 5.13 Å². The lowest BCUT2D eigenvalue weighted by Crippen LogP contribution is -2.32. The number of benzene rings is 1. The molecule has 20 heavy (non-hydrogen) atoms. The summed E-state index contributed by atoms with van der Waals surface area (Å²) in [5, 5.41) is 3.48. The van der Waals surface area contributed by atoms with E-state index in [-0.39, 0.29) is 5.91 Å². The number of nitrogens with one attached hydrogen (secondary N) is 1. The van der Waals surface area contributed by atoms with Crippen molar-refractivity contribution in [2.75, 3.05) is 32.1 Å². The summed E-state index contributed by atoms with van der Waals surface area (Å²) in [7, 11) is 1.63. The number of thiazole rings is 1. The van der Waals surface area contributed by atoms with E-state index in [1.807, 2.05) is 32.0 Å². The molecule has 1 N–H and O–H groups in total. The van der Waals surface area contributed by atoms with Crippen LogP contribution in [-0.2, 0) is 4.79 Å². The largest absolute Gasteiger partial charge is 0.497 e. The Morgan fingerprint density at radius 3 is 2.80 bits per heavy atom. The van der Waals surface area contributed by atoms with Gasteiger partial charge < -0.3 is 10.1 Å². The summed E-state index contributed by atoms with van der Waals surface area (Å²) in [5.41, 5.74) is 0.869. The van der Waals surface area contributed by atoms with E-state index in [2.05, 4.69) is 15.2 Å². The first kappa shape index (κ1) is 14.7. The van der Waals surface area contributed by atoms with Crippen molar-refractivity contribution in [3.05, 3.63) is 18.2 Å². The number of carbonyl (C=O) groups is 1. The molecule has 0 aliphatic rings. The highest BCUT2D eigenvalue weighted by Crippen LogP contribution is 2.29. The molecule has 2 rings (SSSR count). The van der Waals surface area contributed by atoms with E-state index in [1.165, 1.54) is 11.3 Å². The van der Waals surface area contributed by atoms with Crippen LogP contribution in [-0.4, -0.2) is 42.5 Å². The number of anilines is 1. The Hall–Kier alpha value is -1.66. The van der Waals surface area contributed by atoms with Gasteiger partial charge in [0.1, 0.15) is 5.75 Å². The molecule has 0 spiro atoms. The number of rotatable bonds is 6. The molecule has 0 atom stereocenters. The molecule has 2 aromatic rings. The minimum Gasteiger partial charge on any atom is -0.497 e. The average Bonchev–Trinajstić information content (AvgIpc) is 2.85. The molecule has 0 unspecified atom stereocenters. The zero-order valence-corrected chi connectivity index (χ0v) is 12.8. The van der Waals surface area contributed by atoms with Gasteiger partial charge in [-0.05, 0) is 31.3 Å². The minimum absolute atomic E-state index is 0.0280. The van der Waals surface area contributed by atoms with Gasteiger partial charge in [-0.1, -0.05) is 25.2 Å². The number of carbonyl (C=O) groups excluding carboxylic acids is 1. The van der Waals surface area contributed by atoms with Crippen molar-refractivity contribution in [1.29, 1.82) is 0 Å². The maximum absolute atomic E-state index is 11.9. The number of fused-ring (bicyclic) bond motifs is 1. The number of ether oxygens (including phenoxy) is 1. The van der Waals surface area contributed by atoms with Crippen molar-refractivity contribution >= 4 is 32.6 Å². The van der Waals surface area contributed by atoms with Crippen molar-refractivity contribution in [3.8, 4) is 5.75 Å². The standard InChI is InChI=1S/C14H19N3O2S/c1-4-17(5-2)9-13(18)16-14-15-11-7-6-10(19-3)8-12(11)20-14/h6-8H,4-5,9H2,1-3H3,(H,15,16,18). The first-order valence-corrected chi connectivity index (χ1v) is 7.44. The highest BCUT2D eigenvalue weighted by molar-refractivity contribution is 7.22. The van der Waals surface area contributed by atoms with E-state index >= 15 is 0 Å². The maximum Gasteiger partial charge on any atom is 0.240 e. The molecule has 1 amide bonds. The fourth-order valence-electron chi connectivity index (χ4n) is 1.89. The summed E-state index contributed by atoms with van der Waals surface area (Å²) in [6.45, 7) is 6.20. The van der Waals surface area contributed by atoms with E-state index in [1.54, 1.807) is 7.11 Å². The predicted octanol–water partition coefficient (Wildman–Crippen LogP) is 2.59. The quantitative estimate of drug-likeness (QED) is 0.889. The number of amides is 1. The summed E-state index contributed by atoms with van der Waals surface area (Å²) in [6, 6.07) is 5.68. The lowest BCUT2D eigenvalue weighted by Gasteiger charge is -2.16. The van der Waals surface area contributed by atoms with E-state index in [0.29, 0.717) is 11.7 Å². The monoisotopic (exact) mass is 293 g/mol. The number of likely N-dealkylation sites (N-methyl/N-ethyl adjacent to an activating group) is 1. The third-order valence-corrected chi connectivity index (χ3v) is 4.04. The van der Waals surface area contributed by atoms with Crippen LogP contribution in [0, 0.1) is 0 Å². The third kappa shape index (κ3) is 3.46. The molecule has 0 saturated carbocycles. The molecule has 0 radical (unpaired) electrons. The van der Waals surface area contributed by atoms with Crippen LogP contribution in [0.2, 0.25) is 0 Å². The molecule has 1 aromatic heterocycles. The van der Waals surface area contributed by atoms with Crippen LogP contribution >= 0.6 is 11.3 Å². The number of nitrogens with zero attached hydrogens (tertiary/aromatic N) is 2. The van der Waals surface area contributed by atoms with Gasteiger partial charge in [-0.25, -0.2) is 4.98 Å². The summed E-state index contributed by atoms with van der Waals surface area (Å²) in [4.78, 5) is 18.4. The third-order valence-electron chi connectivity index (χ3n) is 3.10. The molecule has 0 aliphatic heterocycles. The second-order valence-electron chi connectivity index (χ2n) is 4.36. The second-order valence-corrected chi connectivity index (χ2v) is 5.39. The molecular weight excluding hydrogens is 274 g/mol. The van der Waals surface area contributed by atoms with Crippen LogP contribution in [0.15, 0.2) is 18.2 Å². The molecule has 0 bridgehead atoms. The summed E-state index contributed by atoms with van der Waals surface area (Å²) in [5.74, 6) is 0.766. The van der Waals surface area contributed by atoms with Gasteiger partial charge in [0, 0.05) is 0 Å². The van der Waals surface area contributed by atoms with Gasteiger partial charge in [-0.2, -0.15) is 0 Å². The van der Waals surface area contributed by atoms with Crippen molar-refractivity contribution in [2.45, 2.75) is 13.8 Å². The zero-order valence-electron chi connectivity index (χ0n) is 12.0. The molecule has 108 valence electrons. The molecule has 1 heterocycles. The van der Waals surface area contributed by atoms with E-state index < -0.39 is 0 Å². The Bertz CT molecular complexity index is 593. The molecule has 1 aromatic carbocycles. The molecule has 0 aliphatic carbocycles. The SMILES string of the molecule is CCN(CC)CC(=O)Nc1nc2ccc(OC)cc2s1. The van der Waals surface area contributed by atoms with Crippen LogP contribution in [0.1, 0.15) is 13.8 Å². The van der Waals surface area contributed by atoms with Crippen LogP contribution < -0.4 is 10.1 Å². The normalized spacial score (nSPS) is 11.0. The Morgan fingerprint density at radius 1 is 1.40 bits per heavy atom. The average molecular weight is 293 g/mol. The summed E-state index contributed by atoms with van der Waals surface area (Å²) >= 11 is 1.46. The Morgan fingerprint density at radius 2 is 2.15 bits per heavy atom. The van der Waals surface area contributed by atoms with Crippen LogP contribution in [0.25, 0.3) is 10.2 Å². The maximum atomic E-state index is 11.9. The summed E-state index contributed by atoms with van der Waals surface area (Å²) < 4.78 is 6.18. The molecular formula is C14H19N3O2S. The first-order chi connectivity index (χ1) is 9.66. The molecule has 5 nitrogen and oxygen atoms in total. The van der Waals surface area contributed by atoms with Gasteiger partial charge in [0.25, 0.3) is 0 Å². The van der Waals surface area contributed by atoms with Gasteiger partial charge in [-0.15, -0.1) is 0 Å². The number of aromatic nitrogens is 1. The van der Waals surface area contributed by atoms with Crippen molar-refractivity contribution in [1.82, 2.24) is 9.88 Å². The van der Waals surface area contributed by atoms with E-state index in [9.17, 15) is 4.79 Å². The van der Waals surface area contributed by atoms with Crippen molar-refractivity contribution in [2.24, 2.45) is 0 Å². The van der Waals surface area contributed by atoms with Gasteiger partial charge in [0.05, 0.1) is 23.9 Å². The van der Waals surface area contributed by atoms with Crippen molar-refractivity contribution in [3.63, 3.8) is 0 Å². The van der Waals surface area contributed by atoms with Crippen molar-refractivity contribution < 1.29 is 9.53 Å².